The average Bonchev–Trinajstić information content (AvgIpc) is 2.29. The molecule has 0 spiro atoms. The lowest BCUT2D eigenvalue weighted by Gasteiger charge is -2.09. The van der Waals surface area contributed by atoms with E-state index in [0.717, 1.165) is 36.5 Å². The monoisotopic (exact) mass is 226 g/mol. The third-order valence-electron chi connectivity index (χ3n) is 2.35. The van der Waals surface area contributed by atoms with Crippen LogP contribution in [0.1, 0.15) is 18.4 Å². The molecule has 0 unspecified atom stereocenters. The van der Waals surface area contributed by atoms with Gasteiger partial charge in [-0.25, -0.2) is 0 Å². The molecule has 0 heterocycles. The molecule has 3 heteroatoms. The van der Waals surface area contributed by atoms with Gasteiger partial charge < -0.3 is 9.47 Å². The average molecular weight is 226 g/mol. The van der Waals surface area contributed by atoms with Gasteiger partial charge in [-0.2, -0.15) is 12.6 Å². The van der Waals surface area contributed by atoms with E-state index in [1.165, 1.54) is 5.56 Å². The molecule has 0 aliphatic carbocycles. The summed E-state index contributed by atoms with van der Waals surface area (Å²) in [5.41, 5.74) is 1.24. The first-order chi connectivity index (χ1) is 7.31. The molecule has 0 saturated heterocycles. The Hall–Kier alpha value is -0.830. The van der Waals surface area contributed by atoms with Crippen molar-refractivity contribution in [3.63, 3.8) is 0 Å². The van der Waals surface area contributed by atoms with Gasteiger partial charge in [-0.1, -0.05) is 6.07 Å². The second-order valence-electron chi connectivity index (χ2n) is 3.36. The molecule has 0 N–H and O–H groups in total. The van der Waals surface area contributed by atoms with Crippen LogP contribution in [0.15, 0.2) is 18.2 Å². The topological polar surface area (TPSA) is 18.5 Å². The summed E-state index contributed by atoms with van der Waals surface area (Å²) in [5.74, 6) is 2.69. The number of methoxy groups -OCH3 is 2. The quantitative estimate of drug-likeness (QED) is 0.594. The summed E-state index contributed by atoms with van der Waals surface area (Å²) < 4.78 is 10.5. The minimum absolute atomic E-state index is 0.838. The van der Waals surface area contributed by atoms with Crippen molar-refractivity contribution < 1.29 is 9.47 Å². The van der Waals surface area contributed by atoms with Gasteiger partial charge >= 0.3 is 0 Å². The Morgan fingerprint density at radius 1 is 1.13 bits per heavy atom. The van der Waals surface area contributed by atoms with Crippen molar-refractivity contribution in [2.45, 2.75) is 19.3 Å². The predicted molar refractivity (Wildman–Crippen MR) is 66.3 cm³/mol. The molecule has 0 fully saturated rings. The van der Waals surface area contributed by atoms with Crippen LogP contribution in [0.3, 0.4) is 0 Å². The molecule has 0 aromatic heterocycles. The minimum Gasteiger partial charge on any atom is -0.497 e. The predicted octanol–water partition coefficient (Wildman–Crippen LogP) is 2.96. The van der Waals surface area contributed by atoms with E-state index in [9.17, 15) is 0 Å². The standard InChI is InChI=1S/C12H18O2S/c1-13-11-7-6-10(5-3-4-8-15)12(9-11)14-2/h6-7,9,15H,3-5,8H2,1-2H3. The first-order valence-corrected chi connectivity index (χ1v) is 5.77. The second-order valence-corrected chi connectivity index (χ2v) is 3.81. The van der Waals surface area contributed by atoms with E-state index in [-0.39, 0.29) is 0 Å². The summed E-state index contributed by atoms with van der Waals surface area (Å²) in [4.78, 5) is 0. The van der Waals surface area contributed by atoms with E-state index in [1.54, 1.807) is 14.2 Å². The number of unbranched alkanes of at least 4 members (excludes halogenated alkanes) is 1. The number of thiol groups is 1. The molecular weight excluding hydrogens is 208 g/mol. The fraction of sp³-hybridized carbons (Fsp3) is 0.500. The zero-order chi connectivity index (χ0) is 11.1. The van der Waals surface area contributed by atoms with Crippen molar-refractivity contribution in [3.05, 3.63) is 23.8 Å². The van der Waals surface area contributed by atoms with Crippen LogP contribution in [0.4, 0.5) is 0 Å². The maximum atomic E-state index is 5.32. The molecule has 0 amide bonds. The summed E-state index contributed by atoms with van der Waals surface area (Å²) in [6, 6.07) is 5.96. The maximum Gasteiger partial charge on any atom is 0.125 e. The fourth-order valence-electron chi connectivity index (χ4n) is 1.49. The molecule has 1 aromatic carbocycles. The van der Waals surface area contributed by atoms with E-state index in [2.05, 4.69) is 18.7 Å². The summed E-state index contributed by atoms with van der Waals surface area (Å²) >= 11 is 4.20. The van der Waals surface area contributed by atoms with Gasteiger partial charge in [0.1, 0.15) is 11.5 Å². The maximum absolute atomic E-state index is 5.32. The number of ether oxygens (including phenoxy) is 2. The van der Waals surface area contributed by atoms with Crippen LogP contribution in [-0.4, -0.2) is 20.0 Å². The lowest BCUT2D eigenvalue weighted by molar-refractivity contribution is 0.390. The molecule has 15 heavy (non-hydrogen) atoms. The molecule has 2 nitrogen and oxygen atoms in total. The fourth-order valence-corrected chi connectivity index (χ4v) is 1.71. The minimum atomic E-state index is 0.838. The van der Waals surface area contributed by atoms with Gasteiger partial charge in [0.2, 0.25) is 0 Å². The summed E-state index contributed by atoms with van der Waals surface area (Å²) in [6.45, 7) is 0. The van der Waals surface area contributed by atoms with Crippen molar-refractivity contribution in [1.29, 1.82) is 0 Å². The normalized spacial score (nSPS) is 10.1. The van der Waals surface area contributed by atoms with E-state index in [1.807, 2.05) is 12.1 Å². The van der Waals surface area contributed by atoms with Crippen LogP contribution in [0.25, 0.3) is 0 Å². The van der Waals surface area contributed by atoms with Gasteiger partial charge in [0.05, 0.1) is 14.2 Å². The molecule has 1 aromatic rings. The molecule has 0 bridgehead atoms. The third kappa shape index (κ3) is 3.67. The molecule has 0 saturated carbocycles. The van der Waals surface area contributed by atoms with Crippen LogP contribution in [0.2, 0.25) is 0 Å². The Kier molecular flexibility index (Phi) is 5.40. The summed E-state index contributed by atoms with van der Waals surface area (Å²) in [6.07, 6.45) is 3.32. The highest BCUT2D eigenvalue weighted by molar-refractivity contribution is 7.80. The molecule has 0 aliphatic heterocycles. The first kappa shape index (κ1) is 12.2. The molecule has 84 valence electrons. The molecule has 0 atom stereocenters. The SMILES string of the molecule is COc1ccc(CCCCS)c(OC)c1. The Morgan fingerprint density at radius 2 is 1.93 bits per heavy atom. The highest BCUT2D eigenvalue weighted by Gasteiger charge is 2.04. The van der Waals surface area contributed by atoms with Gasteiger partial charge in [0, 0.05) is 6.07 Å². The van der Waals surface area contributed by atoms with Gasteiger partial charge in [-0.15, -0.1) is 0 Å². The Morgan fingerprint density at radius 3 is 2.53 bits per heavy atom. The van der Waals surface area contributed by atoms with Gasteiger partial charge in [0.15, 0.2) is 0 Å². The number of rotatable bonds is 6. The number of benzene rings is 1. The number of aryl methyl sites for hydroxylation is 1. The molecule has 1 rings (SSSR count). The zero-order valence-corrected chi connectivity index (χ0v) is 10.2. The van der Waals surface area contributed by atoms with Gasteiger partial charge in [0.25, 0.3) is 0 Å². The smallest absolute Gasteiger partial charge is 0.125 e. The number of hydrogen-bond acceptors (Lipinski definition) is 3. The van der Waals surface area contributed by atoms with E-state index < -0.39 is 0 Å². The lowest BCUT2D eigenvalue weighted by atomic mass is 10.1. The first-order valence-electron chi connectivity index (χ1n) is 5.13. The largest absolute Gasteiger partial charge is 0.497 e. The van der Waals surface area contributed by atoms with E-state index in [0.29, 0.717) is 0 Å². The molecule has 0 aliphatic rings. The van der Waals surface area contributed by atoms with Crippen LogP contribution in [0.5, 0.6) is 11.5 Å². The van der Waals surface area contributed by atoms with E-state index >= 15 is 0 Å². The van der Waals surface area contributed by atoms with Crippen LogP contribution in [0, 0.1) is 0 Å². The molecular formula is C12H18O2S. The number of hydrogen-bond donors (Lipinski definition) is 1. The van der Waals surface area contributed by atoms with Gasteiger partial charge in [-0.05, 0) is 36.6 Å². The van der Waals surface area contributed by atoms with Crippen molar-refractivity contribution in [2.24, 2.45) is 0 Å². The van der Waals surface area contributed by atoms with Crippen LogP contribution < -0.4 is 9.47 Å². The Bertz CT molecular complexity index is 300. The van der Waals surface area contributed by atoms with Crippen LogP contribution >= 0.6 is 12.6 Å². The van der Waals surface area contributed by atoms with Crippen molar-refractivity contribution in [3.8, 4) is 11.5 Å². The van der Waals surface area contributed by atoms with Gasteiger partial charge in [-0.3, -0.25) is 0 Å². The molecule has 0 radical (unpaired) electrons. The summed E-state index contributed by atoms with van der Waals surface area (Å²) in [7, 11) is 3.35. The third-order valence-corrected chi connectivity index (χ3v) is 2.66. The van der Waals surface area contributed by atoms with Crippen molar-refractivity contribution >= 4 is 12.6 Å². The second kappa shape index (κ2) is 6.62. The Labute approximate surface area is 97.0 Å². The van der Waals surface area contributed by atoms with Crippen molar-refractivity contribution in [1.82, 2.24) is 0 Å². The summed E-state index contributed by atoms with van der Waals surface area (Å²) in [5, 5.41) is 0. The van der Waals surface area contributed by atoms with E-state index in [4.69, 9.17) is 9.47 Å². The highest BCUT2D eigenvalue weighted by atomic mass is 32.1. The van der Waals surface area contributed by atoms with Crippen molar-refractivity contribution in [2.75, 3.05) is 20.0 Å². The lowest BCUT2D eigenvalue weighted by Crippen LogP contribution is -1.94. The highest BCUT2D eigenvalue weighted by Crippen LogP contribution is 2.25. The Balaban J connectivity index is 2.69. The van der Waals surface area contributed by atoms with Crippen LogP contribution in [-0.2, 0) is 6.42 Å². The zero-order valence-electron chi connectivity index (χ0n) is 9.32.